The van der Waals surface area contributed by atoms with Crippen molar-refractivity contribution in [2.75, 3.05) is 0 Å². The maximum Gasteiger partial charge on any atom is 0.164 e. The summed E-state index contributed by atoms with van der Waals surface area (Å²) >= 11 is 0. The molecular formula is C46H30N4. The van der Waals surface area contributed by atoms with E-state index in [4.69, 9.17) is 15.0 Å². The van der Waals surface area contributed by atoms with Crippen molar-refractivity contribution in [3.8, 4) is 67.5 Å². The first-order valence-electron chi connectivity index (χ1n) is 16.7. The highest BCUT2D eigenvalue weighted by molar-refractivity contribution is 5.97. The smallest absolute Gasteiger partial charge is 0.164 e. The van der Waals surface area contributed by atoms with Crippen molar-refractivity contribution >= 4 is 21.7 Å². The van der Waals surface area contributed by atoms with Crippen LogP contribution in [0.1, 0.15) is 0 Å². The molecule has 9 rings (SSSR count). The van der Waals surface area contributed by atoms with Gasteiger partial charge in [-0.15, -0.1) is 0 Å². The quantitative estimate of drug-likeness (QED) is 0.182. The molecule has 2 aromatic heterocycles. The van der Waals surface area contributed by atoms with Crippen LogP contribution in [0.3, 0.4) is 0 Å². The van der Waals surface area contributed by atoms with Crippen molar-refractivity contribution in [3.63, 3.8) is 0 Å². The molecule has 0 saturated heterocycles. The van der Waals surface area contributed by atoms with Crippen molar-refractivity contribution in [2.45, 2.75) is 0 Å². The van der Waals surface area contributed by atoms with Crippen molar-refractivity contribution < 1.29 is 0 Å². The number of hydrogen-bond donors (Lipinski definition) is 0. The molecule has 50 heavy (non-hydrogen) atoms. The van der Waals surface area contributed by atoms with E-state index in [1.54, 1.807) is 0 Å². The van der Waals surface area contributed by atoms with E-state index < -0.39 is 0 Å². The highest BCUT2D eigenvalue weighted by Gasteiger charge is 2.15. The Hall–Kier alpha value is -6.78. The molecule has 0 aliphatic heterocycles. The topological polar surface area (TPSA) is 51.6 Å². The fourth-order valence-corrected chi connectivity index (χ4v) is 6.67. The van der Waals surface area contributed by atoms with E-state index in [1.165, 1.54) is 16.3 Å². The van der Waals surface area contributed by atoms with Crippen LogP contribution >= 0.6 is 0 Å². The van der Waals surface area contributed by atoms with E-state index in [9.17, 15) is 0 Å². The summed E-state index contributed by atoms with van der Waals surface area (Å²) in [5.41, 5.74) is 10.5. The van der Waals surface area contributed by atoms with Gasteiger partial charge in [0.2, 0.25) is 0 Å². The first-order chi connectivity index (χ1) is 24.8. The number of rotatable bonds is 6. The van der Waals surface area contributed by atoms with E-state index in [2.05, 4.69) is 169 Å². The minimum absolute atomic E-state index is 0.619. The van der Waals surface area contributed by atoms with Crippen LogP contribution in [0.4, 0.5) is 0 Å². The second-order valence-electron chi connectivity index (χ2n) is 12.3. The molecule has 0 N–H and O–H groups in total. The Morgan fingerprint density at radius 2 is 0.820 bits per heavy atom. The van der Waals surface area contributed by atoms with Crippen LogP contribution in [-0.2, 0) is 0 Å². The zero-order valence-electron chi connectivity index (χ0n) is 27.1. The molecule has 0 radical (unpaired) electrons. The molecule has 7 aromatic carbocycles. The van der Waals surface area contributed by atoms with Crippen LogP contribution in [0.5, 0.6) is 0 Å². The van der Waals surface area contributed by atoms with Gasteiger partial charge in [0.05, 0.1) is 5.52 Å². The Labute approximate surface area is 290 Å². The summed E-state index contributed by atoms with van der Waals surface area (Å²) in [6, 6.07) is 61.0. The zero-order chi connectivity index (χ0) is 33.3. The van der Waals surface area contributed by atoms with Gasteiger partial charge in [-0.1, -0.05) is 158 Å². The molecule has 0 saturated carbocycles. The van der Waals surface area contributed by atoms with Crippen molar-refractivity contribution in [1.82, 2.24) is 19.9 Å². The molecule has 0 amide bonds. The Bertz CT molecular complexity index is 2640. The minimum Gasteiger partial charge on any atom is -0.256 e. The first kappa shape index (κ1) is 29.4. The highest BCUT2D eigenvalue weighted by Crippen LogP contribution is 2.34. The van der Waals surface area contributed by atoms with E-state index in [0.29, 0.717) is 17.5 Å². The first-order valence-corrected chi connectivity index (χ1v) is 16.7. The van der Waals surface area contributed by atoms with E-state index >= 15 is 0 Å². The molecule has 0 aliphatic carbocycles. The van der Waals surface area contributed by atoms with E-state index in [-0.39, 0.29) is 0 Å². The number of aromatic nitrogens is 4. The van der Waals surface area contributed by atoms with Crippen molar-refractivity contribution in [3.05, 3.63) is 182 Å². The number of hydrogen-bond acceptors (Lipinski definition) is 4. The van der Waals surface area contributed by atoms with E-state index in [0.717, 1.165) is 55.4 Å². The number of fused-ring (bicyclic) bond motifs is 2. The Morgan fingerprint density at radius 3 is 1.60 bits per heavy atom. The molecule has 0 spiro atoms. The van der Waals surface area contributed by atoms with Gasteiger partial charge in [-0.2, -0.15) is 0 Å². The molecular weight excluding hydrogens is 609 g/mol. The maximum atomic E-state index is 5.10. The van der Waals surface area contributed by atoms with Gasteiger partial charge >= 0.3 is 0 Å². The third kappa shape index (κ3) is 5.59. The summed E-state index contributed by atoms with van der Waals surface area (Å²) in [5.74, 6) is 1.87. The van der Waals surface area contributed by atoms with Gasteiger partial charge < -0.3 is 0 Å². The second-order valence-corrected chi connectivity index (χ2v) is 12.3. The molecule has 0 bridgehead atoms. The van der Waals surface area contributed by atoms with Crippen LogP contribution in [0.25, 0.3) is 89.2 Å². The van der Waals surface area contributed by atoms with Gasteiger partial charge in [0.25, 0.3) is 0 Å². The van der Waals surface area contributed by atoms with Gasteiger partial charge in [0, 0.05) is 33.8 Å². The SMILES string of the molecule is c1ccc(-c2cccc(-c3nc(-c4ccc(-c5cccc6cccnc56)cc4)nc(-c4cccc(-c5cccc6ccccc56)c4)n3)c2)cc1. The van der Waals surface area contributed by atoms with Crippen LogP contribution < -0.4 is 0 Å². The summed E-state index contributed by atoms with van der Waals surface area (Å²) in [6.45, 7) is 0. The minimum atomic E-state index is 0.619. The van der Waals surface area contributed by atoms with Gasteiger partial charge in [-0.3, -0.25) is 4.98 Å². The molecule has 0 atom stereocenters. The number of benzene rings is 7. The summed E-state index contributed by atoms with van der Waals surface area (Å²) < 4.78 is 0. The molecule has 4 nitrogen and oxygen atoms in total. The predicted octanol–water partition coefficient (Wildman–Crippen LogP) is 11.6. The van der Waals surface area contributed by atoms with Crippen LogP contribution in [0.15, 0.2) is 182 Å². The lowest BCUT2D eigenvalue weighted by molar-refractivity contribution is 1.07. The number of nitrogens with zero attached hydrogens (tertiary/aromatic N) is 4. The molecule has 0 fully saturated rings. The Balaban J connectivity index is 1.17. The van der Waals surface area contributed by atoms with E-state index in [1.807, 2.05) is 18.3 Å². The van der Waals surface area contributed by atoms with Crippen LogP contribution in [0, 0.1) is 0 Å². The molecule has 2 heterocycles. The lowest BCUT2D eigenvalue weighted by Crippen LogP contribution is -2.00. The van der Waals surface area contributed by atoms with Crippen molar-refractivity contribution in [2.24, 2.45) is 0 Å². The normalized spacial score (nSPS) is 11.2. The Morgan fingerprint density at radius 1 is 0.300 bits per heavy atom. The summed E-state index contributed by atoms with van der Waals surface area (Å²) in [7, 11) is 0. The average molecular weight is 639 g/mol. The molecule has 0 unspecified atom stereocenters. The second kappa shape index (κ2) is 12.7. The average Bonchev–Trinajstić information content (AvgIpc) is 3.21. The lowest BCUT2D eigenvalue weighted by atomic mass is 9.97. The van der Waals surface area contributed by atoms with Gasteiger partial charge in [-0.25, -0.2) is 15.0 Å². The zero-order valence-corrected chi connectivity index (χ0v) is 27.1. The van der Waals surface area contributed by atoms with Gasteiger partial charge in [0.1, 0.15) is 0 Å². The third-order valence-electron chi connectivity index (χ3n) is 9.17. The summed E-state index contributed by atoms with van der Waals surface area (Å²) in [6.07, 6.45) is 1.84. The molecule has 0 aliphatic rings. The van der Waals surface area contributed by atoms with Crippen LogP contribution in [-0.4, -0.2) is 19.9 Å². The Kier molecular flexibility index (Phi) is 7.45. The maximum absolute atomic E-state index is 5.10. The standard InChI is InChI=1S/C46H30N4/c1-2-11-31(12-3-1)36-16-6-18-38(29-36)45-48-44(35-26-24-33(25-27-35)42-23-9-15-34-20-10-28-47-43(34)42)49-46(50-45)39-19-7-17-37(30-39)41-22-8-14-32-13-4-5-21-40(32)41/h1-30H. The van der Waals surface area contributed by atoms with Gasteiger partial charge in [-0.05, 0) is 56.8 Å². The molecule has 4 heteroatoms. The highest BCUT2D eigenvalue weighted by atomic mass is 15.0. The van der Waals surface area contributed by atoms with Crippen LogP contribution in [0.2, 0.25) is 0 Å². The van der Waals surface area contributed by atoms with Crippen molar-refractivity contribution in [1.29, 1.82) is 0 Å². The number of para-hydroxylation sites is 1. The third-order valence-corrected chi connectivity index (χ3v) is 9.17. The predicted molar refractivity (Wildman–Crippen MR) is 205 cm³/mol. The molecule has 9 aromatic rings. The monoisotopic (exact) mass is 638 g/mol. The number of pyridine rings is 1. The van der Waals surface area contributed by atoms with Gasteiger partial charge in [0.15, 0.2) is 17.5 Å². The summed E-state index contributed by atoms with van der Waals surface area (Å²) in [5, 5.41) is 3.54. The lowest BCUT2D eigenvalue weighted by Gasteiger charge is -2.12. The largest absolute Gasteiger partial charge is 0.256 e. The molecule has 234 valence electrons. The fraction of sp³-hybridized carbons (Fsp3) is 0. The fourth-order valence-electron chi connectivity index (χ4n) is 6.67. The summed E-state index contributed by atoms with van der Waals surface area (Å²) in [4.78, 5) is 19.9.